The van der Waals surface area contributed by atoms with Crippen LogP contribution in [-0.2, 0) is 9.59 Å². The van der Waals surface area contributed by atoms with Crippen LogP contribution in [0, 0.1) is 10.8 Å². The second-order valence-electron chi connectivity index (χ2n) is 6.80. The summed E-state index contributed by atoms with van der Waals surface area (Å²) in [6.45, 7) is 4.92. The molecule has 0 radical (unpaired) electrons. The lowest BCUT2D eigenvalue weighted by Crippen LogP contribution is -2.51. The minimum absolute atomic E-state index is 0.00246. The van der Waals surface area contributed by atoms with E-state index in [9.17, 15) is 9.59 Å². The molecule has 2 amide bonds. The van der Waals surface area contributed by atoms with E-state index in [2.05, 4.69) is 0 Å². The maximum absolute atomic E-state index is 12.2. The van der Waals surface area contributed by atoms with Crippen molar-refractivity contribution in [1.29, 1.82) is 0 Å². The van der Waals surface area contributed by atoms with Crippen molar-refractivity contribution in [2.75, 3.05) is 13.1 Å². The number of piperidine rings is 1. The van der Waals surface area contributed by atoms with Crippen LogP contribution in [0.15, 0.2) is 0 Å². The lowest BCUT2D eigenvalue weighted by atomic mass is 9.76. The minimum Gasteiger partial charge on any atom is -0.330 e. The van der Waals surface area contributed by atoms with Gasteiger partial charge in [0.25, 0.3) is 0 Å². The maximum atomic E-state index is 12.2. The number of hydrogen-bond donors (Lipinski definition) is 1. The summed E-state index contributed by atoms with van der Waals surface area (Å²) in [7, 11) is 0. The molecule has 1 spiro atoms. The van der Waals surface area contributed by atoms with Crippen molar-refractivity contribution < 1.29 is 9.59 Å². The molecule has 1 aliphatic carbocycles. The number of likely N-dealkylation sites (tertiary alicyclic amines) is 1. The Morgan fingerprint density at radius 2 is 1.67 bits per heavy atom. The van der Waals surface area contributed by atoms with Gasteiger partial charge in [-0.25, -0.2) is 0 Å². The fourth-order valence-corrected chi connectivity index (χ4v) is 3.18. The number of rotatable bonds is 3. The highest BCUT2D eigenvalue weighted by molar-refractivity contribution is 5.98. The lowest BCUT2D eigenvalue weighted by molar-refractivity contribution is -0.155. The molecule has 0 aromatic heterocycles. The van der Waals surface area contributed by atoms with Crippen LogP contribution in [0.4, 0.5) is 0 Å². The predicted molar refractivity (Wildman–Crippen MR) is 69.7 cm³/mol. The van der Waals surface area contributed by atoms with Crippen molar-refractivity contribution in [3.05, 3.63) is 0 Å². The topological polar surface area (TPSA) is 63.4 Å². The van der Waals surface area contributed by atoms with E-state index in [1.165, 1.54) is 4.90 Å². The van der Waals surface area contributed by atoms with Gasteiger partial charge in [0.1, 0.15) is 0 Å². The zero-order chi connectivity index (χ0) is 13.4. The van der Waals surface area contributed by atoms with Gasteiger partial charge in [0.15, 0.2) is 0 Å². The molecule has 2 N–H and O–H groups in total. The summed E-state index contributed by atoms with van der Waals surface area (Å²) in [5, 5.41) is 0. The van der Waals surface area contributed by atoms with Crippen molar-refractivity contribution in [2.24, 2.45) is 16.6 Å². The predicted octanol–water partition coefficient (Wildman–Crippen LogP) is 1.68. The van der Waals surface area contributed by atoms with Crippen molar-refractivity contribution in [3.8, 4) is 0 Å². The van der Waals surface area contributed by atoms with Gasteiger partial charge in [-0.05, 0) is 30.2 Å². The molecule has 102 valence electrons. The zero-order valence-electron chi connectivity index (χ0n) is 11.5. The van der Waals surface area contributed by atoms with Gasteiger partial charge < -0.3 is 5.73 Å². The molecule has 0 atom stereocenters. The van der Waals surface area contributed by atoms with Crippen LogP contribution >= 0.6 is 0 Å². The number of nitrogens with zero attached hydrogens (tertiary/aromatic N) is 1. The Kier molecular flexibility index (Phi) is 3.49. The first kappa shape index (κ1) is 13.5. The Morgan fingerprint density at radius 3 is 2.11 bits per heavy atom. The summed E-state index contributed by atoms with van der Waals surface area (Å²) in [5.41, 5.74) is 5.49. The molecule has 1 saturated carbocycles. The molecule has 1 saturated heterocycles. The van der Waals surface area contributed by atoms with Crippen molar-refractivity contribution in [2.45, 2.75) is 52.4 Å². The highest BCUT2D eigenvalue weighted by Gasteiger charge is 2.45. The van der Waals surface area contributed by atoms with E-state index in [1.807, 2.05) is 13.8 Å². The largest absolute Gasteiger partial charge is 0.330 e. The Hall–Kier alpha value is -0.900. The van der Waals surface area contributed by atoms with E-state index >= 15 is 0 Å². The molecule has 4 heteroatoms. The van der Waals surface area contributed by atoms with Crippen LogP contribution in [0.5, 0.6) is 0 Å². The molecule has 2 aliphatic rings. The van der Waals surface area contributed by atoms with E-state index in [-0.39, 0.29) is 22.6 Å². The summed E-state index contributed by atoms with van der Waals surface area (Å²) < 4.78 is 0. The third kappa shape index (κ3) is 2.58. The number of imide groups is 1. The highest BCUT2D eigenvalue weighted by atomic mass is 16.2. The highest BCUT2D eigenvalue weighted by Crippen LogP contribution is 2.47. The van der Waals surface area contributed by atoms with E-state index in [0.29, 0.717) is 25.9 Å². The Labute approximate surface area is 109 Å². The second-order valence-corrected chi connectivity index (χ2v) is 6.80. The molecule has 0 aromatic carbocycles. The standard InChI is InChI=1S/C14H24N2O2/c1-13(2,9-15)10-16-11(17)7-14(8-12(16)18)5-3-4-6-14/h3-10,15H2,1-2H3. The molecule has 2 fully saturated rings. The van der Waals surface area contributed by atoms with Crippen LogP contribution < -0.4 is 5.73 Å². The molecule has 1 heterocycles. The summed E-state index contributed by atoms with van der Waals surface area (Å²) >= 11 is 0. The smallest absolute Gasteiger partial charge is 0.229 e. The third-order valence-electron chi connectivity index (χ3n) is 4.46. The van der Waals surface area contributed by atoms with Gasteiger partial charge in [0, 0.05) is 19.4 Å². The first-order valence-corrected chi connectivity index (χ1v) is 6.91. The molecule has 4 nitrogen and oxygen atoms in total. The second kappa shape index (κ2) is 4.65. The number of amides is 2. The number of hydrogen-bond acceptors (Lipinski definition) is 3. The minimum atomic E-state index is -0.189. The molecule has 1 aliphatic heterocycles. The van der Waals surface area contributed by atoms with Gasteiger partial charge in [-0.1, -0.05) is 26.7 Å². The number of carbonyl (C=O) groups is 2. The Morgan fingerprint density at radius 1 is 1.17 bits per heavy atom. The summed E-state index contributed by atoms with van der Waals surface area (Å²) in [6.07, 6.45) is 5.51. The summed E-state index contributed by atoms with van der Waals surface area (Å²) in [6, 6.07) is 0. The molecule has 0 bridgehead atoms. The van der Waals surface area contributed by atoms with Crippen LogP contribution in [0.2, 0.25) is 0 Å². The molecule has 0 aromatic rings. The average Bonchev–Trinajstić information content (AvgIpc) is 2.72. The first-order valence-electron chi connectivity index (χ1n) is 6.91. The van der Waals surface area contributed by atoms with Crippen molar-refractivity contribution >= 4 is 11.8 Å². The van der Waals surface area contributed by atoms with E-state index in [0.717, 1.165) is 25.7 Å². The quantitative estimate of drug-likeness (QED) is 0.777. The van der Waals surface area contributed by atoms with Gasteiger partial charge in [0.05, 0.1) is 0 Å². The number of carbonyl (C=O) groups excluding carboxylic acids is 2. The molecular weight excluding hydrogens is 228 g/mol. The third-order valence-corrected chi connectivity index (χ3v) is 4.46. The number of nitrogens with two attached hydrogens (primary N) is 1. The van der Waals surface area contributed by atoms with Crippen LogP contribution in [0.25, 0.3) is 0 Å². The normalized spacial score (nSPS) is 24.1. The molecular formula is C14H24N2O2. The average molecular weight is 252 g/mol. The SMILES string of the molecule is CC(C)(CN)CN1C(=O)CC2(CCCC2)CC1=O. The van der Waals surface area contributed by atoms with Gasteiger partial charge in [0.2, 0.25) is 11.8 Å². The van der Waals surface area contributed by atoms with Crippen LogP contribution in [0.1, 0.15) is 52.4 Å². The van der Waals surface area contributed by atoms with Crippen molar-refractivity contribution in [1.82, 2.24) is 4.90 Å². The van der Waals surface area contributed by atoms with Crippen molar-refractivity contribution in [3.63, 3.8) is 0 Å². The Balaban J connectivity index is 2.07. The Bertz CT molecular complexity index is 337. The zero-order valence-corrected chi connectivity index (χ0v) is 11.5. The van der Waals surface area contributed by atoms with E-state index in [1.54, 1.807) is 0 Å². The fourth-order valence-electron chi connectivity index (χ4n) is 3.18. The molecule has 0 unspecified atom stereocenters. The van der Waals surface area contributed by atoms with Crippen LogP contribution in [-0.4, -0.2) is 29.8 Å². The van der Waals surface area contributed by atoms with Gasteiger partial charge in [-0.2, -0.15) is 0 Å². The van der Waals surface area contributed by atoms with Gasteiger partial charge >= 0.3 is 0 Å². The first-order chi connectivity index (χ1) is 8.37. The van der Waals surface area contributed by atoms with Gasteiger partial charge in [-0.15, -0.1) is 0 Å². The lowest BCUT2D eigenvalue weighted by Gasteiger charge is -2.40. The van der Waals surface area contributed by atoms with E-state index < -0.39 is 0 Å². The fraction of sp³-hybridized carbons (Fsp3) is 0.857. The summed E-state index contributed by atoms with van der Waals surface area (Å²) in [4.78, 5) is 25.9. The maximum Gasteiger partial charge on any atom is 0.229 e. The van der Waals surface area contributed by atoms with Crippen LogP contribution in [0.3, 0.4) is 0 Å². The monoisotopic (exact) mass is 252 g/mol. The molecule has 2 rings (SSSR count). The molecule has 18 heavy (non-hydrogen) atoms. The summed E-state index contributed by atoms with van der Waals surface area (Å²) in [5.74, 6) is 0.0179. The van der Waals surface area contributed by atoms with Gasteiger partial charge in [-0.3, -0.25) is 14.5 Å². The van der Waals surface area contributed by atoms with E-state index in [4.69, 9.17) is 5.73 Å².